The summed E-state index contributed by atoms with van der Waals surface area (Å²) in [6, 6.07) is 13.6. The zero-order valence-corrected chi connectivity index (χ0v) is 20.5. The number of halogens is 4. The van der Waals surface area contributed by atoms with Gasteiger partial charge in [0.1, 0.15) is 0 Å². The van der Waals surface area contributed by atoms with Crippen molar-refractivity contribution >= 4 is 35.0 Å². The van der Waals surface area contributed by atoms with Crippen LogP contribution >= 0.6 is 11.6 Å². The molecule has 2 aromatic carbocycles. The van der Waals surface area contributed by atoms with E-state index in [9.17, 15) is 18.0 Å². The minimum Gasteiger partial charge on any atom is -0.404 e. The summed E-state index contributed by atoms with van der Waals surface area (Å²) in [5.41, 5.74) is 2.99. The van der Waals surface area contributed by atoms with E-state index < -0.39 is 12.1 Å². The highest BCUT2D eigenvalue weighted by atomic mass is 35.5. The van der Waals surface area contributed by atoms with Crippen LogP contribution in [-0.4, -0.2) is 59.8 Å². The van der Waals surface area contributed by atoms with Crippen LogP contribution in [0.2, 0.25) is 5.02 Å². The van der Waals surface area contributed by atoms with Crippen LogP contribution in [0.25, 0.3) is 6.08 Å². The number of ether oxygens (including phenoxy) is 1. The van der Waals surface area contributed by atoms with Gasteiger partial charge in [0.05, 0.1) is 10.7 Å². The number of rotatable bonds is 5. The number of carbonyl (C=O) groups excluding carboxylic acids is 1. The molecule has 3 heterocycles. The molecule has 2 aliphatic rings. The van der Waals surface area contributed by atoms with Crippen molar-refractivity contribution in [2.24, 2.45) is 0 Å². The molecule has 0 aliphatic carbocycles. The van der Waals surface area contributed by atoms with Gasteiger partial charge in [0, 0.05) is 62.9 Å². The van der Waals surface area contributed by atoms with Crippen LogP contribution in [0, 0.1) is 0 Å². The topological polar surface area (TPSA) is 48.9 Å². The summed E-state index contributed by atoms with van der Waals surface area (Å²) >= 11 is 6.21. The second-order valence-electron chi connectivity index (χ2n) is 8.84. The summed E-state index contributed by atoms with van der Waals surface area (Å²) < 4.78 is 44.5. The van der Waals surface area contributed by atoms with Gasteiger partial charge in [-0.2, -0.15) is 0 Å². The number of pyridine rings is 1. The summed E-state index contributed by atoms with van der Waals surface area (Å²) in [7, 11) is 0. The first-order valence-electron chi connectivity index (χ1n) is 11.8. The van der Waals surface area contributed by atoms with Crippen molar-refractivity contribution in [2.75, 3.05) is 37.6 Å². The maximum Gasteiger partial charge on any atom is 0.573 e. The lowest BCUT2D eigenvalue weighted by Crippen LogP contribution is -2.48. The highest BCUT2D eigenvalue weighted by Gasteiger charge is 2.34. The smallest absolute Gasteiger partial charge is 0.404 e. The molecule has 2 aliphatic heterocycles. The SMILES string of the molecule is O=C(c1ccc(N2CC=Cc3ccccc32)c(OC(F)(F)F)c1)N1CCN(Cc2ccncc2Cl)CC1. The maximum atomic E-state index is 13.4. The van der Waals surface area contributed by atoms with Gasteiger partial charge in [-0.25, -0.2) is 0 Å². The first-order valence-corrected chi connectivity index (χ1v) is 12.2. The minimum atomic E-state index is -4.90. The molecule has 1 aromatic heterocycles. The Hall–Kier alpha value is -3.56. The van der Waals surface area contributed by atoms with Crippen molar-refractivity contribution in [1.29, 1.82) is 0 Å². The Labute approximate surface area is 217 Å². The molecule has 37 heavy (non-hydrogen) atoms. The van der Waals surface area contributed by atoms with Gasteiger partial charge < -0.3 is 14.5 Å². The van der Waals surface area contributed by atoms with E-state index in [1.807, 2.05) is 42.5 Å². The van der Waals surface area contributed by atoms with E-state index in [0.29, 0.717) is 44.3 Å². The fraction of sp³-hybridized carbons (Fsp3) is 0.259. The molecule has 0 saturated carbocycles. The number of nitrogens with zero attached hydrogens (tertiary/aromatic N) is 4. The summed E-state index contributed by atoms with van der Waals surface area (Å²) in [6.07, 6.45) is 2.18. The number of aromatic nitrogens is 1. The summed E-state index contributed by atoms with van der Waals surface area (Å²) in [6.45, 7) is 3.14. The van der Waals surface area contributed by atoms with Gasteiger partial charge in [0.2, 0.25) is 0 Å². The van der Waals surface area contributed by atoms with Crippen LogP contribution < -0.4 is 9.64 Å². The maximum absolute atomic E-state index is 13.4. The molecule has 0 radical (unpaired) electrons. The highest BCUT2D eigenvalue weighted by molar-refractivity contribution is 6.31. The van der Waals surface area contributed by atoms with Crippen molar-refractivity contribution in [3.8, 4) is 5.75 Å². The van der Waals surface area contributed by atoms with E-state index in [0.717, 1.165) is 16.8 Å². The third-order valence-electron chi connectivity index (χ3n) is 6.45. The van der Waals surface area contributed by atoms with Crippen LogP contribution in [0.3, 0.4) is 0 Å². The van der Waals surface area contributed by atoms with Gasteiger partial charge in [0.25, 0.3) is 5.91 Å². The first-order chi connectivity index (χ1) is 17.8. The van der Waals surface area contributed by atoms with Gasteiger partial charge in [-0.3, -0.25) is 14.7 Å². The zero-order chi connectivity index (χ0) is 26.0. The molecular formula is C27H24ClF3N4O2. The average molecular weight is 529 g/mol. The highest BCUT2D eigenvalue weighted by Crippen LogP contribution is 2.40. The minimum absolute atomic E-state index is 0.148. The van der Waals surface area contributed by atoms with E-state index in [1.165, 1.54) is 12.1 Å². The third kappa shape index (κ3) is 5.73. The molecule has 1 amide bonds. The van der Waals surface area contributed by atoms with E-state index in [4.69, 9.17) is 11.6 Å². The summed E-state index contributed by atoms with van der Waals surface area (Å²) in [5, 5.41) is 0.588. The van der Waals surface area contributed by atoms with Crippen molar-refractivity contribution < 1.29 is 22.7 Å². The van der Waals surface area contributed by atoms with Crippen LogP contribution in [-0.2, 0) is 6.54 Å². The number of hydrogen-bond acceptors (Lipinski definition) is 5. The molecule has 6 nitrogen and oxygen atoms in total. The lowest BCUT2D eigenvalue weighted by Gasteiger charge is -2.35. The van der Waals surface area contributed by atoms with E-state index in [-0.39, 0.29) is 17.2 Å². The van der Waals surface area contributed by atoms with Gasteiger partial charge in [0.15, 0.2) is 5.75 Å². The molecule has 192 valence electrons. The predicted molar refractivity (Wildman–Crippen MR) is 136 cm³/mol. The molecule has 0 N–H and O–H groups in total. The van der Waals surface area contributed by atoms with Crippen LogP contribution in [0.15, 0.2) is 67.0 Å². The number of para-hydroxylation sites is 1. The molecule has 3 aromatic rings. The molecule has 1 fully saturated rings. The van der Waals surface area contributed by atoms with Gasteiger partial charge in [-0.15, -0.1) is 13.2 Å². The molecule has 5 rings (SSSR count). The molecule has 0 spiro atoms. The lowest BCUT2D eigenvalue weighted by atomic mass is 10.1. The average Bonchev–Trinajstić information content (AvgIpc) is 2.89. The number of amides is 1. The van der Waals surface area contributed by atoms with E-state index in [2.05, 4.69) is 14.6 Å². The quantitative estimate of drug-likeness (QED) is 0.422. The fourth-order valence-electron chi connectivity index (χ4n) is 4.63. The Morgan fingerprint density at radius 3 is 2.57 bits per heavy atom. The van der Waals surface area contributed by atoms with E-state index in [1.54, 1.807) is 28.3 Å². The van der Waals surface area contributed by atoms with Crippen LogP contribution in [0.1, 0.15) is 21.5 Å². The van der Waals surface area contributed by atoms with Crippen molar-refractivity contribution in [1.82, 2.24) is 14.8 Å². The lowest BCUT2D eigenvalue weighted by molar-refractivity contribution is -0.274. The monoisotopic (exact) mass is 528 g/mol. The van der Waals surface area contributed by atoms with Crippen molar-refractivity contribution in [3.63, 3.8) is 0 Å². The second kappa shape index (κ2) is 10.4. The number of benzene rings is 2. The third-order valence-corrected chi connectivity index (χ3v) is 6.79. The Morgan fingerprint density at radius 1 is 1.03 bits per heavy atom. The second-order valence-corrected chi connectivity index (χ2v) is 9.24. The van der Waals surface area contributed by atoms with Crippen LogP contribution in [0.4, 0.5) is 24.5 Å². The summed E-state index contributed by atoms with van der Waals surface area (Å²) in [4.78, 5) is 22.8. The molecule has 10 heteroatoms. The number of carbonyl (C=O) groups is 1. The van der Waals surface area contributed by atoms with Crippen molar-refractivity contribution in [3.05, 3.63) is 88.7 Å². The van der Waals surface area contributed by atoms with Crippen molar-refractivity contribution in [2.45, 2.75) is 12.9 Å². The van der Waals surface area contributed by atoms with E-state index >= 15 is 0 Å². The molecular weight excluding hydrogens is 505 g/mol. The Morgan fingerprint density at radius 2 is 1.81 bits per heavy atom. The number of piperazine rings is 1. The number of anilines is 2. The zero-order valence-electron chi connectivity index (χ0n) is 19.8. The number of alkyl halides is 3. The standard InChI is InChI=1S/C27H24ClF3N4O2/c28-22-17-32-10-9-21(22)18-33-12-14-34(15-13-33)26(36)20-7-8-24(25(16-20)37-27(29,30)31)35-11-3-5-19-4-1-2-6-23(19)35/h1-10,16-17H,11-15,18H2. The molecule has 0 atom stereocenters. The van der Waals surface area contributed by atoms with Gasteiger partial charge in [-0.05, 0) is 41.5 Å². The number of hydrogen-bond donors (Lipinski definition) is 0. The largest absolute Gasteiger partial charge is 0.573 e. The fourth-order valence-corrected chi connectivity index (χ4v) is 4.81. The van der Waals surface area contributed by atoms with Crippen LogP contribution in [0.5, 0.6) is 5.75 Å². The molecule has 0 bridgehead atoms. The Bertz CT molecular complexity index is 1320. The first kappa shape index (κ1) is 25.1. The summed E-state index contributed by atoms with van der Waals surface area (Å²) in [5.74, 6) is -0.742. The molecule has 0 unspecified atom stereocenters. The number of fused-ring (bicyclic) bond motifs is 1. The van der Waals surface area contributed by atoms with Gasteiger partial charge >= 0.3 is 6.36 Å². The Kier molecular flexibility index (Phi) is 7.08. The molecule has 1 saturated heterocycles. The Balaban J connectivity index is 1.34. The predicted octanol–water partition coefficient (Wildman–Crippen LogP) is 5.76. The normalized spacial score (nSPS) is 16.0. The van der Waals surface area contributed by atoms with Gasteiger partial charge in [-0.1, -0.05) is 42.0 Å².